The zero-order chi connectivity index (χ0) is 20.2. The monoisotopic (exact) mass is 402 g/mol. The number of amides is 2. The smallest absolute Gasteiger partial charge is 0.257 e. The third kappa shape index (κ3) is 4.50. The Morgan fingerprint density at radius 2 is 1.79 bits per heavy atom. The summed E-state index contributed by atoms with van der Waals surface area (Å²) in [7, 11) is 1.61. The van der Waals surface area contributed by atoms with Gasteiger partial charge in [-0.05, 0) is 31.4 Å². The van der Waals surface area contributed by atoms with E-state index in [1.54, 1.807) is 25.3 Å². The van der Waals surface area contributed by atoms with E-state index in [4.69, 9.17) is 14.2 Å². The predicted molar refractivity (Wildman–Crippen MR) is 107 cm³/mol. The van der Waals surface area contributed by atoms with Gasteiger partial charge < -0.3 is 24.0 Å². The Bertz CT molecular complexity index is 733. The standard InChI is InChI=1S/C22H30N2O5/c1-27-18-4-5-19(22(26)23-9-2-3-10-23)20(14-18)29-17-6-11-24(12-7-17)21(25)16-8-13-28-15-16/h4-5,14,16-17H,2-3,6-13,15H2,1H3. The fourth-order valence-electron chi connectivity index (χ4n) is 4.36. The third-order valence-electron chi connectivity index (χ3n) is 6.14. The van der Waals surface area contributed by atoms with Crippen LogP contribution in [-0.4, -0.2) is 74.2 Å². The first-order chi connectivity index (χ1) is 14.2. The first kappa shape index (κ1) is 20.0. The fourth-order valence-corrected chi connectivity index (χ4v) is 4.36. The van der Waals surface area contributed by atoms with E-state index in [9.17, 15) is 9.59 Å². The molecule has 0 aromatic heterocycles. The Hall–Kier alpha value is -2.28. The van der Waals surface area contributed by atoms with Crippen LogP contribution in [0.2, 0.25) is 0 Å². The van der Waals surface area contributed by atoms with Gasteiger partial charge >= 0.3 is 0 Å². The molecule has 3 aliphatic heterocycles. The molecule has 0 saturated carbocycles. The number of hydrogen-bond acceptors (Lipinski definition) is 5. The van der Waals surface area contributed by atoms with Gasteiger partial charge in [0, 0.05) is 51.7 Å². The molecule has 4 rings (SSSR count). The molecule has 29 heavy (non-hydrogen) atoms. The fraction of sp³-hybridized carbons (Fsp3) is 0.636. The van der Waals surface area contributed by atoms with Crippen LogP contribution in [0.4, 0.5) is 0 Å². The van der Waals surface area contributed by atoms with Crippen molar-refractivity contribution in [3.8, 4) is 11.5 Å². The van der Waals surface area contributed by atoms with E-state index in [1.165, 1.54) is 0 Å². The molecule has 3 fully saturated rings. The van der Waals surface area contributed by atoms with Crippen molar-refractivity contribution in [3.63, 3.8) is 0 Å². The molecule has 7 nitrogen and oxygen atoms in total. The number of hydrogen-bond donors (Lipinski definition) is 0. The number of carbonyl (C=O) groups is 2. The molecule has 0 spiro atoms. The second-order valence-corrected chi connectivity index (χ2v) is 8.06. The van der Waals surface area contributed by atoms with Gasteiger partial charge in [-0.25, -0.2) is 0 Å². The molecule has 3 heterocycles. The van der Waals surface area contributed by atoms with E-state index in [0.29, 0.717) is 43.4 Å². The van der Waals surface area contributed by atoms with Crippen molar-refractivity contribution < 1.29 is 23.8 Å². The summed E-state index contributed by atoms with van der Waals surface area (Å²) in [5.41, 5.74) is 0.592. The summed E-state index contributed by atoms with van der Waals surface area (Å²) in [4.78, 5) is 29.3. The van der Waals surface area contributed by atoms with Crippen molar-refractivity contribution in [2.24, 2.45) is 5.92 Å². The van der Waals surface area contributed by atoms with Crippen molar-refractivity contribution in [1.29, 1.82) is 0 Å². The maximum atomic E-state index is 12.9. The van der Waals surface area contributed by atoms with Crippen LogP contribution in [0.3, 0.4) is 0 Å². The van der Waals surface area contributed by atoms with Crippen molar-refractivity contribution >= 4 is 11.8 Å². The molecule has 1 aromatic rings. The van der Waals surface area contributed by atoms with Gasteiger partial charge in [0.15, 0.2) is 0 Å². The SMILES string of the molecule is COc1ccc(C(=O)N2CCCC2)c(OC2CCN(C(=O)C3CCOC3)CC2)c1. The lowest BCUT2D eigenvalue weighted by molar-refractivity contribution is -0.137. The number of piperidine rings is 1. The quantitative estimate of drug-likeness (QED) is 0.756. The molecule has 1 unspecified atom stereocenters. The average molecular weight is 402 g/mol. The predicted octanol–water partition coefficient (Wildman–Crippen LogP) is 2.34. The van der Waals surface area contributed by atoms with Crippen LogP contribution in [-0.2, 0) is 9.53 Å². The summed E-state index contributed by atoms with van der Waals surface area (Å²) >= 11 is 0. The van der Waals surface area contributed by atoms with E-state index in [1.807, 2.05) is 9.80 Å². The van der Waals surface area contributed by atoms with Crippen molar-refractivity contribution in [2.45, 2.75) is 38.2 Å². The highest BCUT2D eigenvalue weighted by atomic mass is 16.5. The zero-order valence-electron chi connectivity index (χ0n) is 17.1. The number of likely N-dealkylation sites (tertiary alicyclic amines) is 2. The Morgan fingerprint density at radius 3 is 2.45 bits per heavy atom. The molecular formula is C22H30N2O5. The Balaban J connectivity index is 1.41. The first-order valence-corrected chi connectivity index (χ1v) is 10.7. The van der Waals surface area contributed by atoms with Crippen molar-refractivity contribution in [1.82, 2.24) is 9.80 Å². The minimum absolute atomic E-state index is 0.00976. The van der Waals surface area contributed by atoms with Crippen molar-refractivity contribution in [2.75, 3.05) is 46.5 Å². The molecule has 2 amide bonds. The summed E-state index contributed by atoms with van der Waals surface area (Å²) in [5.74, 6) is 1.49. The highest BCUT2D eigenvalue weighted by Crippen LogP contribution is 2.30. The van der Waals surface area contributed by atoms with Crippen LogP contribution < -0.4 is 9.47 Å². The Morgan fingerprint density at radius 1 is 1.03 bits per heavy atom. The number of methoxy groups -OCH3 is 1. The van der Waals surface area contributed by atoms with Crippen LogP contribution in [0.25, 0.3) is 0 Å². The molecule has 1 atom stereocenters. The maximum Gasteiger partial charge on any atom is 0.257 e. The van der Waals surface area contributed by atoms with E-state index >= 15 is 0 Å². The van der Waals surface area contributed by atoms with Gasteiger partial charge in [0.1, 0.15) is 17.6 Å². The molecular weight excluding hydrogens is 372 g/mol. The van der Waals surface area contributed by atoms with Crippen LogP contribution in [0.5, 0.6) is 11.5 Å². The lowest BCUT2D eigenvalue weighted by Crippen LogP contribution is -2.44. The number of ether oxygens (including phenoxy) is 3. The number of rotatable bonds is 5. The van der Waals surface area contributed by atoms with Crippen LogP contribution >= 0.6 is 0 Å². The van der Waals surface area contributed by atoms with Crippen LogP contribution in [0.15, 0.2) is 18.2 Å². The van der Waals surface area contributed by atoms with Gasteiger partial charge in [-0.3, -0.25) is 9.59 Å². The van der Waals surface area contributed by atoms with Crippen LogP contribution in [0.1, 0.15) is 42.5 Å². The number of benzene rings is 1. The summed E-state index contributed by atoms with van der Waals surface area (Å²) in [6.07, 6.45) is 4.42. The summed E-state index contributed by atoms with van der Waals surface area (Å²) in [6.45, 7) is 4.19. The minimum Gasteiger partial charge on any atom is -0.497 e. The van der Waals surface area contributed by atoms with Gasteiger partial charge in [0.2, 0.25) is 5.91 Å². The lowest BCUT2D eigenvalue weighted by atomic mass is 10.0. The molecule has 3 aliphatic rings. The summed E-state index contributed by atoms with van der Waals surface area (Å²) in [6, 6.07) is 5.41. The van der Waals surface area contributed by atoms with Gasteiger partial charge in [0.25, 0.3) is 5.91 Å². The largest absolute Gasteiger partial charge is 0.497 e. The molecule has 7 heteroatoms. The van der Waals surface area contributed by atoms with Crippen LogP contribution in [0, 0.1) is 5.92 Å². The molecule has 3 saturated heterocycles. The first-order valence-electron chi connectivity index (χ1n) is 10.7. The highest BCUT2D eigenvalue weighted by Gasteiger charge is 2.32. The molecule has 0 bridgehead atoms. The number of nitrogens with zero attached hydrogens (tertiary/aromatic N) is 2. The Labute approximate surface area is 171 Å². The van der Waals surface area contributed by atoms with Gasteiger partial charge in [-0.2, -0.15) is 0 Å². The Kier molecular flexibility index (Phi) is 6.23. The molecule has 0 aliphatic carbocycles. The van der Waals surface area contributed by atoms with Gasteiger partial charge in [0.05, 0.1) is 25.2 Å². The summed E-state index contributed by atoms with van der Waals surface area (Å²) in [5, 5.41) is 0. The second-order valence-electron chi connectivity index (χ2n) is 8.06. The maximum absolute atomic E-state index is 12.9. The van der Waals surface area contributed by atoms with Gasteiger partial charge in [-0.15, -0.1) is 0 Å². The topological polar surface area (TPSA) is 68.3 Å². The average Bonchev–Trinajstić information content (AvgIpc) is 3.47. The highest BCUT2D eigenvalue weighted by molar-refractivity contribution is 5.97. The zero-order valence-corrected chi connectivity index (χ0v) is 17.1. The molecule has 0 N–H and O–H groups in total. The van der Waals surface area contributed by atoms with E-state index in [2.05, 4.69) is 0 Å². The molecule has 0 radical (unpaired) electrons. The van der Waals surface area contributed by atoms with Crippen molar-refractivity contribution in [3.05, 3.63) is 23.8 Å². The number of carbonyl (C=O) groups excluding carboxylic acids is 2. The normalized spacial score (nSPS) is 22.7. The second kappa shape index (κ2) is 9.03. The van der Waals surface area contributed by atoms with E-state index in [0.717, 1.165) is 45.2 Å². The lowest BCUT2D eigenvalue weighted by Gasteiger charge is -2.34. The third-order valence-corrected chi connectivity index (χ3v) is 6.14. The minimum atomic E-state index is -0.0175. The molecule has 1 aromatic carbocycles. The van der Waals surface area contributed by atoms with E-state index in [-0.39, 0.29) is 23.8 Å². The molecule has 158 valence electrons. The van der Waals surface area contributed by atoms with Gasteiger partial charge in [-0.1, -0.05) is 0 Å². The summed E-state index contributed by atoms with van der Waals surface area (Å²) < 4.78 is 17.0. The van der Waals surface area contributed by atoms with E-state index < -0.39 is 0 Å².